The largest absolute Gasteiger partial charge is 0.392 e. The molecule has 2 N–H and O–H groups in total. The summed E-state index contributed by atoms with van der Waals surface area (Å²) in [5.41, 5.74) is 1.55. The molecule has 1 saturated carbocycles. The van der Waals surface area contributed by atoms with Crippen molar-refractivity contribution < 1.29 is 15.0 Å². The predicted molar refractivity (Wildman–Crippen MR) is 127 cm³/mol. The maximum absolute atomic E-state index is 12.3. The van der Waals surface area contributed by atoms with Gasteiger partial charge in [0.1, 0.15) is 0 Å². The number of amides is 1. The molecule has 5 atom stereocenters. The smallest absolute Gasteiger partial charge is 0.222 e. The molecule has 0 radical (unpaired) electrons. The summed E-state index contributed by atoms with van der Waals surface area (Å²) in [6.07, 6.45) is 20.8. The van der Waals surface area contributed by atoms with Crippen LogP contribution in [0.4, 0.5) is 0 Å². The van der Waals surface area contributed by atoms with Gasteiger partial charge >= 0.3 is 0 Å². The zero-order valence-electron chi connectivity index (χ0n) is 19.7. The van der Waals surface area contributed by atoms with Crippen molar-refractivity contribution in [1.82, 2.24) is 4.90 Å². The summed E-state index contributed by atoms with van der Waals surface area (Å²) < 4.78 is 0. The van der Waals surface area contributed by atoms with Crippen LogP contribution in [0, 0.1) is 17.8 Å². The molecule has 1 aliphatic heterocycles. The third kappa shape index (κ3) is 7.46. The number of carbonyl (C=O) groups excluding carboxylic acids is 1. The fourth-order valence-corrected chi connectivity index (χ4v) is 5.85. The average Bonchev–Trinajstić information content (AvgIpc) is 3.29. The lowest BCUT2D eigenvalue weighted by Crippen LogP contribution is -2.35. The second-order valence-electron chi connectivity index (χ2n) is 10.2. The molecule has 0 spiro atoms. The van der Waals surface area contributed by atoms with Crippen molar-refractivity contribution >= 4 is 5.91 Å². The van der Waals surface area contributed by atoms with Gasteiger partial charge in [-0.3, -0.25) is 4.79 Å². The molecule has 0 unspecified atom stereocenters. The summed E-state index contributed by atoms with van der Waals surface area (Å²) in [4.78, 5) is 14.3. The monoisotopic (exact) mass is 431 g/mol. The molecule has 1 heterocycles. The Labute approximate surface area is 189 Å². The number of rotatable bonds is 12. The van der Waals surface area contributed by atoms with E-state index >= 15 is 0 Å². The standard InChI is InChI=1S/C27H45NO3/c1-2-3-6-12-23(29)14-15-24-25-19-21(18-22(25)20-26(24)30)11-7-4-8-13-27(31)28-16-9-5-10-17-28/h14-15,18,22-26,29-30H,2-13,16-17,19-20H2,1H3/b15-14+/t22-,23-,24+,25-,26+/m0/s1. The van der Waals surface area contributed by atoms with Crippen LogP contribution in [0.3, 0.4) is 0 Å². The summed E-state index contributed by atoms with van der Waals surface area (Å²) >= 11 is 0. The van der Waals surface area contributed by atoms with Crippen LogP contribution in [0.15, 0.2) is 23.8 Å². The molecule has 0 aromatic heterocycles. The van der Waals surface area contributed by atoms with Crippen LogP contribution in [0.25, 0.3) is 0 Å². The Bertz CT molecular complexity index is 608. The Kier molecular flexibility index (Phi) is 10.1. The first-order chi connectivity index (χ1) is 15.1. The number of carbonyl (C=O) groups is 1. The molecule has 1 amide bonds. The number of allylic oxidation sites excluding steroid dienone is 2. The number of unbranched alkanes of at least 4 members (excludes halogenated alkanes) is 4. The molecule has 2 aliphatic carbocycles. The van der Waals surface area contributed by atoms with E-state index in [1.807, 2.05) is 6.08 Å². The van der Waals surface area contributed by atoms with Crippen LogP contribution in [-0.4, -0.2) is 46.3 Å². The lowest BCUT2D eigenvalue weighted by atomic mass is 9.88. The van der Waals surface area contributed by atoms with E-state index in [4.69, 9.17) is 0 Å². The summed E-state index contributed by atoms with van der Waals surface area (Å²) in [7, 11) is 0. The van der Waals surface area contributed by atoms with Gasteiger partial charge in [-0.15, -0.1) is 0 Å². The summed E-state index contributed by atoms with van der Waals surface area (Å²) in [5.74, 6) is 1.54. The van der Waals surface area contributed by atoms with Crippen molar-refractivity contribution in [3.63, 3.8) is 0 Å². The highest BCUT2D eigenvalue weighted by molar-refractivity contribution is 5.76. The van der Waals surface area contributed by atoms with E-state index in [-0.39, 0.29) is 18.1 Å². The maximum atomic E-state index is 12.3. The first-order valence-electron chi connectivity index (χ1n) is 13.1. The fourth-order valence-electron chi connectivity index (χ4n) is 5.85. The van der Waals surface area contributed by atoms with E-state index < -0.39 is 0 Å². The summed E-state index contributed by atoms with van der Waals surface area (Å²) in [6.45, 7) is 4.11. The molecule has 3 aliphatic rings. The highest BCUT2D eigenvalue weighted by Crippen LogP contribution is 2.48. The molecule has 4 nitrogen and oxygen atoms in total. The number of hydrogen-bond donors (Lipinski definition) is 2. The Hall–Kier alpha value is -1.13. The maximum Gasteiger partial charge on any atom is 0.222 e. The molecule has 31 heavy (non-hydrogen) atoms. The van der Waals surface area contributed by atoms with Gasteiger partial charge in [0.15, 0.2) is 0 Å². The molecule has 176 valence electrons. The van der Waals surface area contributed by atoms with Crippen LogP contribution in [-0.2, 0) is 4.79 Å². The number of likely N-dealkylation sites (tertiary alicyclic amines) is 1. The number of fused-ring (bicyclic) bond motifs is 1. The highest BCUT2D eigenvalue weighted by Gasteiger charge is 2.43. The minimum atomic E-state index is -0.376. The highest BCUT2D eigenvalue weighted by atomic mass is 16.3. The Balaban J connectivity index is 1.33. The minimum absolute atomic E-state index is 0.182. The number of nitrogens with zero attached hydrogens (tertiary/aromatic N) is 1. The number of aliphatic hydroxyl groups excluding tert-OH is 2. The lowest BCUT2D eigenvalue weighted by molar-refractivity contribution is -0.132. The van der Waals surface area contributed by atoms with Crippen molar-refractivity contribution in [3.05, 3.63) is 23.8 Å². The molecule has 0 aromatic carbocycles. The molecule has 0 bridgehead atoms. The zero-order chi connectivity index (χ0) is 22.1. The van der Waals surface area contributed by atoms with Crippen molar-refractivity contribution in [2.45, 2.75) is 109 Å². The molecular formula is C27H45NO3. The van der Waals surface area contributed by atoms with E-state index in [9.17, 15) is 15.0 Å². The van der Waals surface area contributed by atoms with Gasteiger partial charge in [-0.1, -0.05) is 56.4 Å². The average molecular weight is 432 g/mol. The molecule has 3 rings (SSSR count). The zero-order valence-corrected chi connectivity index (χ0v) is 19.7. The summed E-state index contributed by atoms with van der Waals surface area (Å²) in [5, 5.41) is 20.7. The number of aliphatic hydroxyl groups is 2. The van der Waals surface area contributed by atoms with Crippen LogP contribution >= 0.6 is 0 Å². The van der Waals surface area contributed by atoms with Crippen LogP contribution < -0.4 is 0 Å². The van der Waals surface area contributed by atoms with Gasteiger partial charge < -0.3 is 15.1 Å². The van der Waals surface area contributed by atoms with Gasteiger partial charge in [0, 0.05) is 25.4 Å². The molecule has 1 saturated heterocycles. The molecular weight excluding hydrogens is 386 g/mol. The number of piperidine rings is 1. The van der Waals surface area contributed by atoms with Gasteiger partial charge in [0.25, 0.3) is 0 Å². The molecule has 0 aromatic rings. The van der Waals surface area contributed by atoms with Crippen molar-refractivity contribution in [2.24, 2.45) is 17.8 Å². The van der Waals surface area contributed by atoms with Gasteiger partial charge in [0.2, 0.25) is 5.91 Å². The van der Waals surface area contributed by atoms with E-state index in [0.29, 0.717) is 24.2 Å². The van der Waals surface area contributed by atoms with Gasteiger partial charge in [-0.25, -0.2) is 0 Å². The Morgan fingerprint density at radius 3 is 2.74 bits per heavy atom. The quantitative estimate of drug-likeness (QED) is 0.322. The topological polar surface area (TPSA) is 60.8 Å². The van der Waals surface area contributed by atoms with Crippen LogP contribution in [0.1, 0.15) is 96.8 Å². The van der Waals surface area contributed by atoms with Crippen molar-refractivity contribution in [2.75, 3.05) is 13.1 Å². The lowest BCUT2D eigenvalue weighted by Gasteiger charge is -2.26. The molecule has 4 heteroatoms. The number of hydrogen-bond acceptors (Lipinski definition) is 3. The van der Waals surface area contributed by atoms with E-state index in [1.54, 1.807) is 5.57 Å². The minimum Gasteiger partial charge on any atom is -0.392 e. The van der Waals surface area contributed by atoms with Crippen molar-refractivity contribution in [1.29, 1.82) is 0 Å². The first kappa shape index (κ1) is 24.5. The van der Waals surface area contributed by atoms with E-state index in [2.05, 4.69) is 24.0 Å². The Morgan fingerprint density at radius 1 is 1.16 bits per heavy atom. The van der Waals surface area contributed by atoms with E-state index in [1.165, 1.54) is 32.1 Å². The van der Waals surface area contributed by atoms with Gasteiger partial charge in [-0.05, 0) is 69.6 Å². The van der Waals surface area contributed by atoms with Gasteiger partial charge in [-0.2, -0.15) is 0 Å². The Morgan fingerprint density at radius 2 is 1.97 bits per heavy atom. The predicted octanol–water partition coefficient (Wildman–Crippen LogP) is 5.39. The fraction of sp³-hybridized carbons (Fsp3) is 0.815. The van der Waals surface area contributed by atoms with E-state index in [0.717, 1.165) is 64.5 Å². The van der Waals surface area contributed by atoms with Crippen molar-refractivity contribution in [3.8, 4) is 0 Å². The van der Waals surface area contributed by atoms with Crippen LogP contribution in [0.5, 0.6) is 0 Å². The van der Waals surface area contributed by atoms with Crippen LogP contribution in [0.2, 0.25) is 0 Å². The SMILES string of the molecule is CCCCC[C@H](O)/C=C/[C@@H]1[C@H]2CC(CCCCCC(=O)N3CCCCC3)=C[C@H]2C[C@H]1O. The van der Waals surface area contributed by atoms with Gasteiger partial charge in [0.05, 0.1) is 12.2 Å². The molecule has 2 fully saturated rings. The second kappa shape index (κ2) is 12.8. The third-order valence-corrected chi connectivity index (χ3v) is 7.71. The first-order valence-corrected chi connectivity index (χ1v) is 13.1. The second-order valence-corrected chi connectivity index (χ2v) is 10.2. The summed E-state index contributed by atoms with van der Waals surface area (Å²) in [6, 6.07) is 0. The third-order valence-electron chi connectivity index (χ3n) is 7.71. The normalized spacial score (nSPS) is 29.4.